The molecule has 0 spiro atoms. The van der Waals surface area contributed by atoms with Gasteiger partial charge < -0.3 is 10.1 Å². The second-order valence-electron chi connectivity index (χ2n) is 6.97. The van der Waals surface area contributed by atoms with Crippen LogP contribution in [-0.4, -0.2) is 43.6 Å². The average Bonchev–Trinajstić information content (AvgIpc) is 2.65. The minimum absolute atomic E-state index is 0.00220. The number of hydrogen-bond acceptors (Lipinski definition) is 4. The van der Waals surface area contributed by atoms with Crippen molar-refractivity contribution in [3.8, 4) is 0 Å². The van der Waals surface area contributed by atoms with Crippen molar-refractivity contribution >= 4 is 15.9 Å². The van der Waals surface area contributed by atoms with Crippen LogP contribution >= 0.6 is 0 Å². The van der Waals surface area contributed by atoms with E-state index >= 15 is 0 Å². The molecule has 0 atom stereocenters. The third-order valence-corrected chi connectivity index (χ3v) is 6.51. The van der Waals surface area contributed by atoms with Gasteiger partial charge in [-0.2, -0.15) is 0 Å². The van der Waals surface area contributed by atoms with E-state index in [0.29, 0.717) is 39.1 Å². The number of benzene rings is 1. The molecular weight excluding hydrogens is 352 g/mol. The Bertz CT molecular complexity index is 695. The molecule has 0 unspecified atom stereocenters. The highest BCUT2D eigenvalue weighted by Crippen LogP contribution is 2.20. The topological polar surface area (TPSA) is 75.7 Å². The SMILES string of the molecule is CCS(=O)(=O)N1CCC(C(=O)NCc2cccc(COC(C)C)c2)CC1. The van der Waals surface area contributed by atoms with E-state index in [2.05, 4.69) is 5.32 Å². The Morgan fingerprint density at radius 1 is 1.27 bits per heavy atom. The Morgan fingerprint density at radius 2 is 1.92 bits per heavy atom. The Morgan fingerprint density at radius 3 is 2.54 bits per heavy atom. The quantitative estimate of drug-likeness (QED) is 0.748. The standard InChI is InChI=1S/C19H30N2O4S/c1-4-26(23,24)21-10-8-18(9-11-21)19(22)20-13-16-6-5-7-17(12-16)14-25-15(2)3/h5-7,12,15,18H,4,8-11,13-14H2,1-3H3,(H,20,22). The molecule has 1 saturated heterocycles. The van der Waals surface area contributed by atoms with Crippen LogP contribution in [0.5, 0.6) is 0 Å². The van der Waals surface area contributed by atoms with Gasteiger partial charge in [-0.3, -0.25) is 4.79 Å². The second-order valence-corrected chi connectivity index (χ2v) is 9.23. The van der Waals surface area contributed by atoms with Gasteiger partial charge in [-0.25, -0.2) is 12.7 Å². The molecule has 6 nitrogen and oxygen atoms in total. The minimum Gasteiger partial charge on any atom is -0.374 e. The van der Waals surface area contributed by atoms with Crippen LogP contribution in [0.2, 0.25) is 0 Å². The molecule has 0 aromatic heterocycles. The maximum atomic E-state index is 12.4. The lowest BCUT2D eigenvalue weighted by molar-refractivity contribution is -0.126. The molecule has 2 rings (SSSR count). The Hall–Kier alpha value is -1.44. The van der Waals surface area contributed by atoms with Crippen LogP contribution < -0.4 is 5.32 Å². The van der Waals surface area contributed by atoms with Gasteiger partial charge in [-0.05, 0) is 44.7 Å². The first kappa shape index (κ1) is 20.9. The van der Waals surface area contributed by atoms with Gasteiger partial charge in [0.25, 0.3) is 0 Å². The molecule has 1 heterocycles. The molecule has 1 aromatic carbocycles. The van der Waals surface area contributed by atoms with Crippen LogP contribution in [0, 0.1) is 5.92 Å². The summed E-state index contributed by atoms with van der Waals surface area (Å²) in [6.45, 7) is 7.54. The third-order valence-electron chi connectivity index (χ3n) is 4.62. The van der Waals surface area contributed by atoms with E-state index in [9.17, 15) is 13.2 Å². The summed E-state index contributed by atoms with van der Waals surface area (Å²) in [6.07, 6.45) is 1.33. The van der Waals surface area contributed by atoms with E-state index in [-0.39, 0.29) is 23.7 Å². The molecule has 1 amide bonds. The van der Waals surface area contributed by atoms with Crippen molar-refractivity contribution in [2.75, 3.05) is 18.8 Å². The van der Waals surface area contributed by atoms with Gasteiger partial charge in [0, 0.05) is 25.6 Å². The van der Waals surface area contributed by atoms with Crippen molar-refractivity contribution in [1.29, 1.82) is 0 Å². The Balaban J connectivity index is 1.81. The fourth-order valence-electron chi connectivity index (χ4n) is 3.00. The van der Waals surface area contributed by atoms with Gasteiger partial charge in [0.2, 0.25) is 15.9 Å². The molecular formula is C19H30N2O4S. The maximum Gasteiger partial charge on any atom is 0.223 e. The number of nitrogens with one attached hydrogen (secondary N) is 1. The van der Waals surface area contributed by atoms with Crippen LogP contribution in [0.25, 0.3) is 0 Å². The molecule has 0 radical (unpaired) electrons. The number of amides is 1. The zero-order valence-corrected chi connectivity index (χ0v) is 16.7. The predicted octanol–water partition coefficient (Wildman–Crippen LogP) is 2.29. The summed E-state index contributed by atoms with van der Waals surface area (Å²) in [4.78, 5) is 12.4. The van der Waals surface area contributed by atoms with E-state index in [0.717, 1.165) is 11.1 Å². The summed E-state index contributed by atoms with van der Waals surface area (Å²) < 4.78 is 30.9. The van der Waals surface area contributed by atoms with Crippen LogP contribution in [0.1, 0.15) is 44.7 Å². The number of sulfonamides is 1. The van der Waals surface area contributed by atoms with Crippen LogP contribution in [-0.2, 0) is 32.7 Å². The van der Waals surface area contributed by atoms with Gasteiger partial charge >= 0.3 is 0 Å². The van der Waals surface area contributed by atoms with Crippen molar-refractivity contribution in [2.45, 2.75) is 52.9 Å². The van der Waals surface area contributed by atoms with Crippen molar-refractivity contribution in [2.24, 2.45) is 5.92 Å². The number of carbonyl (C=O) groups is 1. The van der Waals surface area contributed by atoms with E-state index < -0.39 is 10.0 Å². The average molecular weight is 383 g/mol. The van der Waals surface area contributed by atoms with Gasteiger partial charge in [-0.1, -0.05) is 24.3 Å². The highest BCUT2D eigenvalue weighted by Gasteiger charge is 2.29. The van der Waals surface area contributed by atoms with Crippen LogP contribution in [0.15, 0.2) is 24.3 Å². The second kappa shape index (κ2) is 9.48. The zero-order chi connectivity index (χ0) is 19.2. The highest BCUT2D eigenvalue weighted by molar-refractivity contribution is 7.89. The molecule has 7 heteroatoms. The molecule has 1 aliphatic rings. The summed E-state index contributed by atoms with van der Waals surface area (Å²) >= 11 is 0. The molecule has 0 saturated carbocycles. The van der Waals surface area contributed by atoms with E-state index in [4.69, 9.17) is 4.74 Å². The molecule has 146 valence electrons. The summed E-state index contributed by atoms with van der Waals surface area (Å²) in [5.41, 5.74) is 2.12. The number of piperidine rings is 1. The molecule has 0 bridgehead atoms. The summed E-state index contributed by atoms with van der Waals surface area (Å²) in [7, 11) is -3.15. The first-order valence-corrected chi connectivity index (χ1v) is 10.9. The monoisotopic (exact) mass is 382 g/mol. The first-order valence-electron chi connectivity index (χ1n) is 9.26. The molecule has 1 N–H and O–H groups in total. The molecule has 26 heavy (non-hydrogen) atoms. The predicted molar refractivity (Wildman–Crippen MR) is 102 cm³/mol. The van der Waals surface area contributed by atoms with Crippen molar-refractivity contribution in [1.82, 2.24) is 9.62 Å². The lowest BCUT2D eigenvalue weighted by Gasteiger charge is -2.30. The Labute approximate surface area is 157 Å². The van der Waals surface area contributed by atoms with Gasteiger partial charge in [0.05, 0.1) is 18.5 Å². The van der Waals surface area contributed by atoms with Crippen molar-refractivity contribution in [3.63, 3.8) is 0 Å². The lowest BCUT2D eigenvalue weighted by Crippen LogP contribution is -2.43. The molecule has 1 fully saturated rings. The number of nitrogens with zero attached hydrogens (tertiary/aromatic N) is 1. The van der Waals surface area contributed by atoms with Gasteiger partial charge in [-0.15, -0.1) is 0 Å². The van der Waals surface area contributed by atoms with E-state index in [1.165, 1.54) is 4.31 Å². The lowest BCUT2D eigenvalue weighted by atomic mass is 9.97. The zero-order valence-electron chi connectivity index (χ0n) is 15.9. The van der Waals surface area contributed by atoms with Crippen molar-refractivity contribution in [3.05, 3.63) is 35.4 Å². The number of rotatable bonds is 8. The summed E-state index contributed by atoms with van der Waals surface area (Å²) in [5, 5.41) is 2.98. The smallest absolute Gasteiger partial charge is 0.223 e. The maximum absolute atomic E-state index is 12.4. The number of ether oxygens (including phenoxy) is 1. The molecule has 0 aliphatic carbocycles. The highest BCUT2D eigenvalue weighted by atomic mass is 32.2. The van der Waals surface area contributed by atoms with Crippen molar-refractivity contribution < 1.29 is 17.9 Å². The Kier molecular flexibility index (Phi) is 7.61. The molecule has 1 aromatic rings. The van der Waals surface area contributed by atoms with E-state index in [1.807, 2.05) is 38.1 Å². The fraction of sp³-hybridized carbons (Fsp3) is 0.632. The van der Waals surface area contributed by atoms with Gasteiger partial charge in [0.15, 0.2) is 0 Å². The molecule has 1 aliphatic heterocycles. The van der Waals surface area contributed by atoms with Crippen LogP contribution in [0.4, 0.5) is 0 Å². The fourth-order valence-corrected chi connectivity index (χ4v) is 4.14. The van der Waals surface area contributed by atoms with Gasteiger partial charge in [0.1, 0.15) is 0 Å². The largest absolute Gasteiger partial charge is 0.374 e. The first-order chi connectivity index (χ1) is 12.3. The normalized spacial score (nSPS) is 16.8. The number of carbonyl (C=O) groups excluding carboxylic acids is 1. The number of hydrogen-bond donors (Lipinski definition) is 1. The minimum atomic E-state index is -3.15. The van der Waals surface area contributed by atoms with Crippen LogP contribution in [0.3, 0.4) is 0 Å². The summed E-state index contributed by atoms with van der Waals surface area (Å²) in [6, 6.07) is 8.00. The third kappa shape index (κ3) is 6.07. The van der Waals surface area contributed by atoms with E-state index in [1.54, 1.807) is 6.92 Å². The summed E-state index contributed by atoms with van der Waals surface area (Å²) in [5.74, 6) is -0.00563.